The minimum Gasteiger partial charge on any atom is -0.462 e. The van der Waals surface area contributed by atoms with Gasteiger partial charge in [0.15, 0.2) is 0 Å². The molecule has 1 aromatic carbocycles. The second-order valence-corrected chi connectivity index (χ2v) is 9.98. The van der Waals surface area contributed by atoms with Crippen LogP contribution in [-0.2, 0) is 26.6 Å². The van der Waals surface area contributed by atoms with Crippen molar-refractivity contribution in [2.24, 2.45) is 17.8 Å². The number of hydrogen-bond acceptors (Lipinski definition) is 4. The number of ether oxygens (including phenoxy) is 2. The SMILES string of the molecule is C=C(CO)C(=O)OCC(CCC1CCC(C(F)(F)C(F)(F)c2ccc(CC/C=C/C)cc2)CC1)COC. The number of carbonyl (C=O) groups excluding carboxylic acids is 1. The van der Waals surface area contributed by atoms with Gasteiger partial charge >= 0.3 is 17.8 Å². The van der Waals surface area contributed by atoms with E-state index in [1.807, 2.05) is 19.1 Å². The first-order chi connectivity index (χ1) is 17.6. The lowest BCUT2D eigenvalue weighted by molar-refractivity contribution is -0.249. The average Bonchev–Trinajstić information content (AvgIpc) is 2.90. The van der Waals surface area contributed by atoms with Crippen LogP contribution in [-0.4, -0.2) is 43.9 Å². The molecule has 0 spiro atoms. The predicted octanol–water partition coefficient (Wildman–Crippen LogP) is 6.86. The summed E-state index contributed by atoms with van der Waals surface area (Å²) in [4.78, 5) is 11.7. The Morgan fingerprint density at radius 3 is 2.35 bits per heavy atom. The molecule has 208 valence electrons. The Labute approximate surface area is 217 Å². The second-order valence-electron chi connectivity index (χ2n) is 9.98. The zero-order chi connectivity index (χ0) is 27.5. The predicted molar refractivity (Wildman–Crippen MR) is 136 cm³/mol. The van der Waals surface area contributed by atoms with E-state index in [4.69, 9.17) is 14.6 Å². The third-order valence-electron chi connectivity index (χ3n) is 7.25. The van der Waals surface area contributed by atoms with E-state index in [1.165, 1.54) is 19.2 Å². The summed E-state index contributed by atoms with van der Waals surface area (Å²) < 4.78 is 70.5. The summed E-state index contributed by atoms with van der Waals surface area (Å²) in [5.74, 6) is -10.4. The Bertz CT molecular complexity index is 874. The number of halogens is 4. The minimum absolute atomic E-state index is 0.0347. The van der Waals surface area contributed by atoms with Gasteiger partial charge in [0.25, 0.3) is 0 Å². The number of benzene rings is 1. The number of aliphatic hydroxyl groups is 1. The fourth-order valence-corrected chi connectivity index (χ4v) is 4.84. The number of aliphatic hydroxyl groups excluding tert-OH is 1. The highest BCUT2D eigenvalue weighted by Crippen LogP contribution is 2.52. The highest BCUT2D eigenvalue weighted by Gasteiger charge is 2.61. The van der Waals surface area contributed by atoms with Crippen molar-refractivity contribution in [2.75, 3.05) is 26.9 Å². The topological polar surface area (TPSA) is 55.8 Å². The quantitative estimate of drug-likeness (QED) is 0.117. The van der Waals surface area contributed by atoms with Crippen molar-refractivity contribution in [1.82, 2.24) is 0 Å². The van der Waals surface area contributed by atoms with E-state index >= 15 is 8.78 Å². The van der Waals surface area contributed by atoms with Gasteiger partial charge in [0.2, 0.25) is 0 Å². The van der Waals surface area contributed by atoms with Gasteiger partial charge in [-0.3, -0.25) is 0 Å². The standard InChI is InChI=1S/C29H40F4O4/c1-4-5-6-7-22-10-14-25(15-11-22)28(30,31)29(32,33)26-16-12-23(13-17-26)8-9-24(19-36-3)20-37-27(35)21(2)18-34/h4-5,10-11,14-15,23-24,26,34H,2,6-9,12-13,16-20H2,1,3H3/b5-4+. The van der Waals surface area contributed by atoms with Gasteiger partial charge in [-0.1, -0.05) is 43.0 Å². The number of esters is 1. The highest BCUT2D eigenvalue weighted by molar-refractivity contribution is 5.87. The van der Waals surface area contributed by atoms with Gasteiger partial charge in [-0.05, 0) is 69.8 Å². The van der Waals surface area contributed by atoms with Crippen LogP contribution in [0.2, 0.25) is 0 Å². The molecule has 0 heterocycles. The molecule has 0 radical (unpaired) electrons. The summed E-state index contributed by atoms with van der Waals surface area (Å²) in [6.07, 6.45) is 7.63. The van der Waals surface area contributed by atoms with E-state index in [-0.39, 0.29) is 36.9 Å². The first kappa shape index (κ1) is 31.0. The Balaban J connectivity index is 1.89. The zero-order valence-corrected chi connectivity index (χ0v) is 21.9. The number of alkyl halides is 4. The van der Waals surface area contributed by atoms with Crippen molar-refractivity contribution >= 4 is 5.97 Å². The fourth-order valence-electron chi connectivity index (χ4n) is 4.84. The molecule has 1 unspecified atom stereocenters. The van der Waals surface area contributed by atoms with Crippen LogP contribution in [0.3, 0.4) is 0 Å². The fraction of sp³-hybridized carbons (Fsp3) is 0.621. The van der Waals surface area contributed by atoms with Crippen molar-refractivity contribution in [2.45, 2.75) is 70.1 Å². The van der Waals surface area contributed by atoms with Crippen molar-refractivity contribution < 1.29 is 36.9 Å². The maximum atomic E-state index is 15.1. The molecule has 1 aliphatic rings. The van der Waals surface area contributed by atoms with Crippen LogP contribution in [0.15, 0.2) is 48.6 Å². The van der Waals surface area contributed by atoms with Crippen LogP contribution in [0.5, 0.6) is 0 Å². The zero-order valence-electron chi connectivity index (χ0n) is 21.9. The molecule has 4 nitrogen and oxygen atoms in total. The molecular weight excluding hydrogens is 488 g/mol. The lowest BCUT2D eigenvalue weighted by Crippen LogP contribution is -2.45. The largest absolute Gasteiger partial charge is 0.462 e. The van der Waals surface area contributed by atoms with Crippen LogP contribution in [0.25, 0.3) is 0 Å². The molecule has 0 bridgehead atoms. The van der Waals surface area contributed by atoms with Crippen molar-refractivity contribution in [3.05, 3.63) is 59.7 Å². The summed E-state index contributed by atoms with van der Waals surface area (Å²) in [5, 5.41) is 8.96. The average molecular weight is 529 g/mol. The van der Waals surface area contributed by atoms with Gasteiger partial charge in [0.05, 0.1) is 25.4 Å². The molecule has 1 aliphatic carbocycles. The molecule has 0 aromatic heterocycles. The first-order valence-corrected chi connectivity index (χ1v) is 13.0. The van der Waals surface area contributed by atoms with Crippen LogP contribution >= 0.6 is 0 Å². The summed E-state index contributed by atoms with van der Waals surface area (Å²) in [6, 6.07) is 5.27. The van der Waals surface area contributed by atoms with Crippen LogP contribution in [0.1, 0.15) is 63.0 Å². The van der Waals surface area contributed by atoms with Gasteiger partial charge in [0, 0.05) is 24.5 Å². The number of carbonyl (C=O) groups is 1. The normalized spacial score (nSPS) is 19.6. The summed E-state index contributed by atoms with van der Waals surface area (Å²) in [6.45, 7) is 5.29. The van der Waals surface area contributed by atoms with Crippen molar-refractivity contribution in [1.29, 1.82) is 0 Å². The molecule has 1 N–H and O–H groups in total. The van der Waals surface area contributed by atoms with Gasteiger partial charge in [0.1, 0.15) is 0 Å². The summed E-state index contributed by atoms with van der Waals surface area (Å²) >= 11 is 0. The van der Waals surface area contributed by atoms with E-state index in [2.05, 4.69) is 6.58 Å². The Morgan fingerprint density at radius 1 is 1.14 bits per heavy atom. The summed E-state index contributed by atoms with van der Waals surface area (Å²) in [7, 11) is 1.53. The van der Waals surface area contributed by atoms with E-state index in [0.29, 0.717) is 38.7 Å². The highest BCUT2D eigenvalue weighted by atomic mass is 19.3. The Kier molecular flexibility index (Phi) is 12.3. The van der Waals surface area contributed by atoms with E-state index in [0.717, 1.165) is 24.1 Å². The molecule has 0 aliphatic heterocycles. The molecule has 1 fully saturated rings. The second kappa shape index (κ2) is 14.7. The maximum absolute atomic E-state index is 15.1. The number of rotatable bonds is 15. The Morgan fingerprint density at radius 2 is 1.78 bits per heavy atom. The van der Waals surface area contributed by atoms with Crippen molar-refractivity contribution in [3.63, 3.8) is 0 Å². The van der Waals surface area contributed by atoms with E-state index < -0.39 is 35.9 Å². The lowest BCUT2D eigenvalue weighted by atomic mass is 9.74. The van der Waals surface area contributed by atoms with Gasteiger partial charge in [-0.2, -0.15) is 17.6 Å². The molecule has 0 amide bonds. The molecule has 0 saturated heterocycles. The minimum atomic E-state index is -4.24. The van der Waals surface area contributed by atoms with E-state index in [9.17, 15) is 13.6 Å². The van der Waals surface area contributed by atoms with Gasteiger partial charge < -0.3 is 14.6 Å². The number of hydrogen-bond donors (Lipinski definition) is 1. The van der Waals surface area contributed by atoms with Crippen molar-refractivity contribution in [3.8, 4) is 0 Å². The molecule has 8 heteroatoms. The molecule has 1 saturated carbocycles. The third kappa shape index (κ3) is 8.67. The number of aryl methyl sites for hydroxylation is 1. The van der Waals surface area contributed by atoms with Gasteiger partial charge in [-0.25, -0.2) is 4.79 Å². The van der Waals surface area contributed by atoms with Gasteiger partial charge in [-0.15, -0.1) is 0 Å². The monoisotopic (exact) mass is 528 g/mol. The first-order valence-electron chi connectivity index (χ1n) is 13.0. The Hall–Kier alpha value is -2.19. The maximum Gasteiger partial charge on any atom is 0.335 e. The number of allylic oxidation sites excluding steroid dienone is 2. The van der Waals surface area contributed by atoms with Crippen LogP contribution < -0.4 is 0 Å². The summed E-state index contributed by atoms with van der Waals surface area (Å²) in [5.41, 5.74) is 0.157. The molecule has 1 aromatic rings. The number of methoxy groups -OCH3 is 1. The molecule has 37 heavy (non-hydrogen) atoms. The molecule has 2 rings (SSSR count). The smallest absolute Gasteiger partial charge is 0.335 e. The molecular formula is C29H40F4O4. The lowest BCUT2D eigenvalue weighted by Gasteiger charge is -2.38. The molecule has 1 atom stereocenters. The van der Waals surface area contributed by atoms with Crippen LogP contribution in [0.4, 0.5) is 17.6 Å². The van der Waals surface area contributed by atoms with E-state index in [1.54, 1.807) is 0 Å². The third-order valence-corrected chi connectivity index (χ3v) is 7.25. The van der Waals surface area contributed by atoms with Crippen LogP contribution in [0, 0.1) is 17.8 Å².